The highest BCUT2D eigenvalue weighted by atomic mass is 35.5. The third-order valence-corrected chi connectivity index (χ3v) is 3.03. The molecule has 1 aromatic carbocycles. The van der Waals surface area contributed by atoms with Crippen molar-refractivity contribution < 1.29 is 4.74 Å². The van der Waals surface area contributed by atoms with E-state index in [1.807, 2.05) is 26.1 Å². The van der Waals surface area contributed by atoms with Gasteiger partial charge in [0.15, 0.2) is 5.82 Å². The lowest BCUT2D eigenvalue weighted by molar-refractivity contribution is 0.416. The summed E-state index contributed by atoms with van der Waals surface area (Å²) in [6.07, 6.45) is 0. The molecular weight excluding hydrogens is 238 g/mol. The number of nitrogens with two attached hydrogens (primary N) is 1. The van der Waals surface area contributed by atoms with E-state index < -0.39 is 0 Å². The summed E-state index contributed by atoms with van der Waals surface area (Å²) in [5.74, 6) is 1.21. The van der Waals surface area contributed by atoms with Crippen LogP contribution in [-0.4, -0.2) is 16.9 Å². The van der Waals surface area contributed by atoms with Crippen LogP contribution in [0.15, 0.2) is 18.2 Å². The minimum atomic E-state index is 0.477. The highest BCUT2D eigenvalue weighted by Gasteiger charge is 2.16. The maximum Gasteiger partial charge on any atom is 0.153 e. The highest BCUT2D eigenvalue weighted by Crippen LogP contribution is 2.37. The Hall–Kier alpha value is -1.68. The molecule has 0 radical (unpaired) electrons. The second kappa shape index (κ2) is 4.30. The zero-order valence-corrected chi connectivity index (χ0v) is 10.7. The lowest BCUT2D eigenvalue weighted by Gasteiger charge is -2.09. The Labute approximate surface area is 105 Å². The first kappa shape index (κ1) is 11.8. The Morgan fingerprint density at radius 3 is 2.65 bits per heavy atom. The van der Waals surface area contributed by atoms with Gasteiger partial charge in [0.25, 0.3) is 0 Å². The van der Waals surface area contributed by atoms with Gasteiger partial charge in [-0.3, -0.25) is 4.68 Å². The fourth-order valence-electron chi connectivity index (χ4n) is 1.84. The summed E-state index contributed by atoms with van der Waals surface area (Å²) < 4.78 is 7.06. The highest BCUT2D eigenvalue weighted by molar-refractivity contribution is 6.31. The monoisotopic (exact) mass is 251 g/mol. The van der Waals surface area contributed by atoms with Crippen LogP contribution in [0, 0.1) is 6.92 Å². The minimum Gasteiger partial charge on any atom is -0.496 e. The van der Waals surface area contributed by atoms with Crippen LogP contribution in [0.2, 0.25) is 5.02 Å². The summed E-state index contributed by atoms with van der Waals surface area (Å²) in [4.78, 5) is 0. The van der Waals surface area contributed by atoms with Gasteiger partial charge in [-0.2, -0.15) is 5.10 Å². The Morgan fingerprint density at radius 1 is 1.41 bits per heavy atom. The summed E-state index contributed by atoms with van der Waals surface area (Å²) in [5, 5.41) is 4.83. The zero-order chi connectivity index (χ0) is 12.6. The van der Waals surface area contributed by atoms with E-state index in [0.29, 0.717) is 10.8 Å². The second-order valence-electron chi connectivity index (χ2n) is 3.81. The van der Waals surface area contributed by atoms with Gasteiger partial charge in [0.2, 0.25) is 0 Å². The smallest absolute Gasteiger partial charge is 0.153 e. The summed E-state index contributed by atoms with van der Waals surface area (Å²) in [5.41, 5.74) is 8.62. The number of rotatable bonds is 2. The maximum absolute atomic E-state index is 6.01. The predicted molar refractivity (Wildman–Crippen MR) is 69.4 cm³/mol. The molecule has 2 rings (SSSR count). The van der Waals surface area contributed by atoms with Crippen LogP contribution in [0.4, 0.5) is 5.82 Å². The number of nitrogens with zero attached hydrogens (tertiary/aromatic N) is 2. The molecule has 2 N–H and O–H groups in total. The number of anilines is 1. The van der Waals surface area contributed by atoms with E-state index in [0.717, 1.165) is 22.6 Å². The van der Waals surface area contributed by atoms with Crippen LogP contribution in [0.5, 0.6) is 5.75 Å². The molecule has 0 unspecified atom stereocenters. The second-order valence-corrected chi connectivity index (χ2v) is 4.25. The maximum atomic E-state index is 6.01. The summed E-state index contributed by atoms with van der Waals surface area (Å²) in [7, 11) is 3.47. The Bertz CT molecular complexity index is 563. The number of aromatic nitrogens is 2. The topological polar surface area (TPSA) is 53.1 Å². The third kappa shape index (κ3) is 1.96. The van der Waals surface area contributed by atoms with Crippen molar-refractivity contribution in [1.29, 1.82) is 0 Å². The van der Waals surface area contributed by atoms with E-state index in [-0.39, 0.29) is 0 Å². The van der Waals surface area contributed by atoms with Crippen LogP contribution < -0.4 is 10.5 Å². The molecule has 0 saturated carbocycles. The molecule has 5 heteroatoms. The van der Waals surface area contributed by atoms with Crippen molar-refractivity contribution in [2.45, 2.75) is 6.92 Å². The lowest BCUT2D eigenvalue weighted by Crippen LogP contribution is -1.93. The Morgan fingerprint density at radius 2 is 2.12 bits per heavy atom. The van der Waals surface area contributed by atoms with E-state index in [1.165, 1.54) is 0 Å². The number of ether oxygens (including phenoxy) is 1. The molecule has 1 aromatic heterocycles. The number of hydrogen-bond donors (Lipinski definition) is 1. The molecule has 90 valence electrons. The molecule has 0 saturated heterocycles. The van der Waals surface area contributed by atoms with Crippen LogP contribution in [0.1, 0.15) is 5.69 Å². The number of aryl methyl sites for hydroxylation is 1. The van der Waals surface area contributed by atoms with Gasteiger partial charge in [-0.15, -0.1) is 0 Å². The standard InChI is InChI=1S/C12H14ClN3O/c1-7-11(12(14)15-16(7)2)9-6-8(13)4-5-10(9)17-3/h4-6H,1-3H3,(H2,14,15). The zero-order valence-electron chi connectivity index (χ0n) is 9.99. The van der Waals surface area contributed by atoms with Crippen molar-refractivity contribution in [2.24, 2.45) is 7.05 Å². The number of halogens is 1. The Kier molecular flexibility index (Phi) is 2.98. The lowest BCUT2D eigenvalue weighted by atomic mass is 10.0. The molecule has 17 heavy (non-hydrogen) atoms. The normalized spacial score (nSPS) is 10.6. The molecule has 0 spiro atoms. The first-order valence-corrected chi connectivity index (χ1v) is 5.55. The number of methoxy groups -OCH3 is 1. The first-order valence-electron chi connectivity index (χ1n) is 5.17. The molecule has 0 amide bonds. The molecule has 1 heterocycles. The van der Waals surface area contributed by atoms with Crippen molar-refractivity contribution in [2.75, 3.05) is 12.8 Å². The first-order chi connectivity index (χ1) is 8.04. The van der Waals surface area contributed by atoms with Crippen molar-refractivity contribution in [3.8, 4) is 16.9 Å². The van der Waals surface area contributed by atoms with Gasteiger partial charge in [0.1, 0.15) is 5.75 Å². The number of hydrogen-bond acceptors (Lipinski definition) is 3. The summed E-state index contributed by atoms with van der Waals surface area (Å²) in [6, 6.07) is 5.44. The minimum absolute atomic E-state index is 0.477. The van der Waals surface area contributed by atoms with Crippen LogP contribution >= 0.6 is 11.6 Å². The third-order valence-electron chi connectivity index (χ3n) is 2.79. The SMILES string of the molecule is COc1ccc(Cl)cc1-c1c(N)nn(C)c1C. The van der Waals surface area contributed by atoms with Crippen LogP contribution in [-0.2, 0) is 7.05 Å². The number of benzene rings is 1. The van der Waals surface area contributed by atoms with E-state index in [4.69, 9.17) is 22.1 Å². The fourth-order valence-corrected chi connectivity index (χ4v) is 2.01. The van der Waals surface area contributed by atoms with Gasteiger partial charge in [-0.25, -0.2) is 0 Å². The predicted octanol–water partition coefficient (Wildman–Crippen LogP) is 2.64. The van der Waals surface area contributed by atoms with E-state index in [1.54, 1.807) is 17.9 Å². The largest absolute Gasteiger partial charge is 0.496 e. The molecule has 0 fully saturated rings. The van der Waals surface area contributed by atoms with E-state index in [9.17, 15) is 0 Å². The molecule has 0 aliphatic heterocycles. The van der Waals surface area contributed by atoms with Gasteiger partial charge < -0.3 is 10.5 Å². The summed E-state index contributed by atoms with van der Waals surface area (Å²) >= 11 is 6.01. The molecule has 4 nitrogen and oxygen atoms in total. The molecule has 0 bridgehead atoms. The molecule has 0 aliphatic carbocycles. The average molecular weight is 252 g/mol. The van der Waals surface area contributed by atoms with Crippen LogP contribution in [0.3, 0.4) is 0 Å². The van der Waals surface area contributed by atoms with Gasteiger partial charge >= 0.3 is 0 Å². The quantitative estimate of drug-likeness (QED) is 0.893. The van der Waals surface area contributed by atoms with Crippen molar-refractivity contribution >= 4 is 17.4 Å². The number of nitrogen functional groups attached to an aromatic ring is 1. The van der Waals surface area contributed by atoms with Crippen molar-refractivity contribution in [3.05, 3.63) is 28.9 Å². The molecular formula is C12H14ClN3O. The van der Waals surface area contributed by atoms with Crippen LogP contribution in [0.25, 0.3) is 11.1 Å². The summed E-state index contributed by atoms with van der Waals surface area (Å²) in [6.45, 7) is 1.96. The van der Waals surface area contributed by atoms with Crippen molar-refractivity contribution in [1.82, 2.24) is 9.78 Å². The van der Waals surface area contributed by atoms with Gasteiger partial charge in [-0.05, 0) is 25.1 Å². The Balaban J connectivity index is 2.71. The molecule has 0 atom stereocenters. The van der Waals surface area contributed by atoms with Gasteiger partial charge in [-0.1, -0.05) is 11.6 Å². The van der Waals surface area contributed by atoms with Gasteiger partial charge in [0, 0.05) is 23.3 Å². The fraction of sp³-hybridized carbons (Fsp3) is 0.250. The van der Waals surface area contributed by atoms with E-state index >= 15 is 0 Å². The van der Waals surface area contributed by atoms with Crippen molar-refractivity contribution in [3.63, 3.8) is 0 Å². The average Bonchev–Trinajstić information content (AvgIpc) is 2.53. The molecule has 0 aliphatic rings. The molecule has 2 aromatic rings. The van der Waals surface area contributed by atoms with Gasteiger partial charge in [0.05, 0.1) is 12.7 Å². The van der Waals surface area contributed by atoms with E-state index in [2.05, 4.69) is 5.10 Å².